The topological polar surface area (TPSA) is 93.9 Å². The molecule has 0 saturated carbocycles. The number of thiophene rings is 1. The highest BCUT2D eigenvalue weighted by atomic mass is 32.1. The summed E-state index contributed by atoms with van der Waals surface area (Å²) in [7, 11) is 1.46. The third-order valence-corrected chi connectivity index (χ3v) is 6.15. The number of hydrogen-bond acceptors (Lipinski definition) is 7. The molecule has 2 aromatic rings. The number of aromatic nitrogens is 1. The molecule has 2 amide bonds. The van der Waals surface area contributed by atoms with Gasteiger partial charge in [0.2, 0.25) is 11.7 Å². The lowest BCUT2D eigenvalue weighted by Gasteiger charge is -2.42. The Bertz CT molecular complexity index is 821. The van der Waals surface area contributed by atoms with E-state index in [9.17, 15) is 9.59 Å². The van der Waals surface area contributed by atoms with Crippen LogP contribution in [0.4, 0.5) is 0 Å². The van der Waals surface area contributed by atoms with Crippen molar-refractivity contribution in [2.24, 2.45) is 5.41 Å². The maximum atomic E-state index is 13.1. The Balaban J connectivity index is 1.49. The Hall–Kier alpha value is -2.39. The molecule has 0 spiro atoms. The summed E-state index contributed by atoms with van der Waals surface area (Å²) in [5.41, 5.74) is -0.727. The van der Waals surface area contributed by atoms with E-state index in [1.807, 2.05) is 17.5 Å². The van der Waals surface area contributed by atoms with Gasteiger partial charge in [-0.05, 0) is 29.4 Å². The molecule has 2 aliphatic rings. The predicted octanol–water partition coefficient (Wildman–Crippen LogP) is 1.68. The number of piperidine rings is 1. The number of ether oxygens (including phenoxy) is 2. The summed E-state index contributed by atoms with van der Waals surface area (Å²) in [5, 5.41) is 8.69. The molecule has 2 aromatic heterocycles. The number of fused-ring (bicyclic) bond motifs is 1. The maximum Gasteiger partial charge on any atom is 0.292 e. The Morgan fingerprint density at radius 1 is 1.52 bits per heavy atom. The lowest BCUT2D eigenvalue weighted by molar-refractivity contribution is -0.138. The lowest BCUT2D eigenvalue weighted by atomic mass is 9.75. The summed E-state index contributed by atoms with van der Waals surface area (Å²) >= 11 is 1.60. The molecular formula is C18H21N3O5S. The summed E-state index contributed by atoms with van der Waals surface area (Å²) in [6.45, 7) is 1.82. The second-order valence-electron chi connectivity index (χ2n) is 6.78. The van der Waals surface area contributed by atoms with E-state index < -0.39 is 5.41 Å². The van der Waals surface area contributed by atoms with Gasteiger partial charge in [0.05, 0.1) is 31.2 Å². The zero-order valence-electron chi connectivity index (χ0n) is 15.0. The first-order valence-electron chi connectivity index (χ1n) is 8.85. The van der Waals surface area contributed by atoms with Gasteiger partial charge >= 0.3 is 0 Å². The summed E-state index contributed by atoms with van der Waals surface area (Å²) in [5.74, 6) is 0.00633. The van der Waals surface area contributed by atoms with Crippen molar-refractivity contribution < 1.29 is 23.6 Å². The third kappa shape index (κ3) is 3.32. The molecule has 8 nitrogen and oxygen atoms in total. The number of nitrogens with one attached hydrogen (secondary N) is 1. The van der Waals surface area contributed by atoms with Crippen molar-refractivity contribution in [3.8, 4) is 5.88 Å². The molecule has 0 aromatic carbocycles. The van der Waals surface area contributed by atoms with Crippen molar-refractivity contribution in [3.63, 3.8) is 0 Å². The van der Waals surface area contributed by atoms with Crippen molar-refractivity contribution in [2.45, 2.75) is 25.5 Å². The number of likely N-dealkylation sites (tertiary alicyclic amines) is 1. The highest BCUT2D eigenvalue weighted by Gasteiger charge is 2.54. The van der Waals surface area contributed by atoms with E-state index >= 15 is 0 Å². The largest absolute Gasteiger partial charge is 0.479 e. The summed E-state index contributed by atoms with van der Waals surface area (Å²) < 4.78 is 15.9. The molecule has 0 bridgehead atoms. The Kier molecular flexibility index (Phi) is 4.88. The van der Waals surface area contributed by atoms with E-state index in [0.717, 1.165) is 4.88 Å². The van der Waals surface area contributed by atoms with Gasteiger partial charge in [-0.25, -0.2) is 0 Å². The van der Waals surface area contributed by atoms with Crippen LogP contribution in [0.25, 0.3) is 0 Å². The number of amides is 2. The van der Waals surface area contributed by atoms with Gasteiger partial charge in [-0.15, -0.1) is 11.3 Å². The normalized spacial score (nSPS) is 24.5. The van der Waals surface area contributed by atoms with E-state index in [0.29, 0.717) is 39.1 Å². The minimum Gasteiger partial charge on any atom is -0.479 e. The molecule has 0 radical (unpaired) electrons. The molecule has 2 aliphatic heterocycles. The number of carbonyl (C=O) groups is 2. The first-order valence-corrected chi connectivity index (χ1v) is 9.72. The molecule has 2 fully saturated rings. The maximum absolute atomic E-state index is 13.1. The van der Waals surface area contributed by atoms with Gasteiger partial charge in [-0.1, -0.05) is 6.07 Å². The van der Waals surface area contributed by atoms with E-state index in [1.54, 1.807) is 16.2 Å². The van der Waals surface area contributed by atoms with E-state index in [1.165, 1.54) is 13.2 Å². The monoisotopic (exact) mass is 391 g/mol. The van der Waals surface area contributed by atoms with Crippen molar-refractivity contribution in [1.29, 1.82) is 0 Å². The third-order valence-electron chi connectivity index (χ3n) is 5.27. The second kappa shape index (κ2) is 7.32. The smallest absolute Gasteiger partial charge is 0.292 e. The number of nitrogens with zero attached hydrogens (tertiary/aromatic N) is 2. The summed E-state index contributed by atoms with van der Waals surface area (Å²) in [6.07, 6.45) is 1.04. The van der Waals surface area contributed by atoms with Gasteiger partial charge in [0, 0.05) is 24.6 Å². The number of rotatable bonds is 5. The lowest BCUT2D eigenvalue weighted by Crippen LogP contribution is -2.58. The zero-order chi connectivity index (χ0) is 18.9. The molecule has 0 unspecified atom stereocenters. The van der Waals surface area contributed by atoms with Gasteiger partial charge in [-0.2, -0.15) is 0 Å². The Labute approximate surface area is 160 Å². The van der Waals surface area contributed by atoms with Gasteiger partial charge in [0.15, 0.2) is 0 Å². The predicted molar refractivity (Wildman–Crippen MR) is 96.5 cm³/mol. The average molecular weight is 391 g/mol. The van der Waals surface area contributed by atoms with E-state index in [2.05, 4.69) is 10.5 Å². The first kappa shape index (κ1) is 18.0. The standard InChI is InChI=1S/C18H21N3O5S/c1-24-15-9-13(26-20-15)16(22)21-6-4-14-18(11-21,5-7-25-14)17(23)19-10-12-3-2-8-27-12/h2-3,8-9,14H,4-7,10-11H2,1H3,(H,19,23)/t14-,18-/m1/s1. The second-order valence-corrected chi connectivity index (χ2v) is 7.81. The molecule has 4 rings (SSSR count). The van der Waals surface area contributed by atoms with E-state index in [-0.39, 0.29) is 29.6 Å². The van der Waals surface area contributed by atoms with Crippen LogP contribution < -0.4 is 10.1 Å². The molecule has 1 N–H and O–H groups in total. The Morgan fingerprint density at radius 2 is 2.41 bits per heavy atom. The molecule has 144 valence electrons. The number of carbonyl (C=O) groups excluding carboxylic acids is 2. The van der Waals surface area contributed by atoms with Crippen molar-refractivity contribution >= 4 is 23.2 Å². The molecular weight excluding hydrogens is 370 g/mol. The van der Waals surface area contributed by atoms with Crippen molar-refractivity contribution in [3.05, 3.63) is 34.2 Å². The van der Waals surface area contributed by atoms with Crippen LogP contribution in [0.1, 0.15) is 28.3 Å². The van der Waals surface area contributed by atoms with Crippen molar-refractivity contribution in [1.82, 2.24) is 15.4 Å². The highest BCUT2D eigenvalue weighted by Crippen LogP contribution is 2.41. The molecule has 2 saturated heterocycles. The van der Waals surface area contributed by atoms with Gasteiger partial charge in [0.25, 0.3) is 11.8 Å². The van der Waals surface area contributed by atoms with Crippen LogP contribution in [0.2, 0.25) is 0 Å². The minimum atomic E-state index is -0.727. The van der Waals surface area contributed by atoms with Crippen LogP contribution in [0.3, 0.4) is 0 Å². The molecule has 27 heavy (non-hydrogen) atoms. The Morgan fingerprint density at radius 3 is 3.15 bits per heavy atom. The van der Waals surface area contributed by atoms with Crippen LogP contribution in [0.15, 0.2) is 28.1 Å². The fourth-order valence-corrected chi connectivity index (χ4v) is 4.45. The first-order chi connectivity index (χ1) is 13.1. The quantitative estimate of drug-likeness (QED) is 0.834. The highest BCUT2D eigenvalue weighted by molar-refractivity contribution is 7.09. The molecule has 0 aliphatic carbocycles. The van der Waals surface area contributed by atoms with E-state index in [4.69, 9.17) is 14.0 Å². The van der Waals surface area contributed by atoms with Crippen LogP contribution in [-0.2, 0) is 16.1 Å². The van der Waals surface area contributed by atoms with Crippen LogP contribution in [-0.4, -0.2) is 54.8 Å². The number of methoxy groups -OCH3 is 1. The van der Waals surface area contributed by atoms with Gasteiger partial charge in [-0.3, -0.25) is 9.59 Å². The van der Waals surface area contributed by atoms with Gasteiger partial charge in [0.1, 0.15) is 0 Å². The minimum absolute atomic E-state index is 0.0638. The van der Waals surface area contributed by atoms with Crippen LogP contribution >= 0.6 is 11.3 Å². The molecule has 4 heterocycles. The van der Waals surface area contributed by atoms with Crippen molar-refractivity contribution in [2.75, 3.05) is 26.8 Å². The summed E-state index contributed by atoms with van der Waals surface area (Å²) in [6, 6.07) is 5.40. The average Bonchev–Trinajstić information content (AvgIpc) is 3.45. The fraction of sp³-hybridized carbons (Fsp3) is 0.500. The van der Waals surface area contributed by atoms with Crippen LogP contribution in [0, 0.1) is 5.41 Å². The van der Waals surface area contributed by atoms with Gasteiger partial charge < -0.3 is 24.2 Å². The molecule has 9 heteroatoms. The van der Waals surface area contributed by atoms with Crippen LogP contribution in [0.5, 0.6) is 5.88 Å². The number of hydrogen-bond donors (Lipinski definition) is 1. The SMILES string of the molecule is COc1cc(C(=O)N2CC[C@H]3OCC[C@@]3(C(=O)NCc3cccs3)C2)on1. The molecule has 2 atom stereocenters. The summed E-state index contributed by atoms with van der Waals surface area (Å²) in [4.78, 5) is 28.6. The fourth-order valence-electron chi connectivity index (χ4n) is 3.81. The zero-order valence-corrected chi connectivity index (χ0v) is 15.8.